The Bertz CT molecular complexity index is 823. The normalized spacial score (nSPS) is 16.7. The molecular formula is C24H26ClFO. The van der Waals surface area contributed by atoms with E-state index in [1.807, 2.05) is 25.1 Å². The summed E-state index contributed by atoms with van der Waals surface area (Å²) in [4.78, 5) is 0. The van der Waals surface area contributed by atoms with Crippen LogP contribution in [0.15, 0.2) is 55.1 Å². The lowest BCUT2D eigenvalue weighted by Crippen LogP contribution is -2.05. The topological polar surface area (TPSA) is 9.23 Å². The zero-order chi connectivity index (χ0) is 19.2. The molecule has 0 aromatic heterocycles. The predicted octanol–water partition coefficient (Wildman–Crippen LogP) is 7.69. The average molecular weight is 385 g/mol. The second kappa shape index (κ2) is 9.23. The van der Waals surface area contributed by atoms with Crippen molar-refractivity contribution in [3.05, 3.63) is 71.5 Å². The predicted molar refractivity (Wildman–Crippen MR) is 113 cm³/mol. The number of hydrogen-bond acceptors (Lipinski definition) is 1. The summed E-state index contributed by atoms with van der Waals surface area (Å²) < 4.78 is 20.0. The third kappa shape index (κ3) is 4.62. The number of hydrogen-bond donors (Lipinski definition) is 0. The van der Waals surface area contributed by atoms with E-state index in [0.29, 0.717) is 17.9 Å². The fourth-order valence-electron chi connectivity index (χ4n) is 3.65. The Morgan fingerprint density at radius 2 is 1.93 bits per heavy atom. The molecule has 0 spiro atoms. The van der Waals surface area contributed by atoms with E-state index in [1.165, 1.54) is 24.0 Å². The van der Waals surface area contributed by atoms with Crippen molar-refractivity contribution in [1.29, 1.82) is 0 Å². The van der Waals surface area contributed by atoms with Gasteiger partial charge < -0.3 is 4.74 Å². The Labute approximate surface area is 166 Å². The summed E-state index contributed by atoms with van der Waals surface area (Å²) in [5, 5.41) is 0.0407. The average Bonchev–Trinajstić information content (AvgIpc) is 2.71. The maximum absolute atomic E-state index is 14.6. The van der Waals surface area contributed by atoms with Gasteiger partial charge in [0.05, 0.1) is 6.61 Å². The van der Waals surface area contributed by atoms with E-state index >= 15 is 0 Å². The fourth-order valence-corrected chi connectivity index (χ4v) is 3.87. The largest absolute Gasteiger partial charge is 0.492 e. The monoisotopic (exact) mass is 384 g/mol. The van der Waals surface area contributed by atoms with Crippen LogP contribution in [0.4, 0.5) is 4.39 Å². The first-order chi connectivity index (χ1) is 13.1. The van der Waals surface area contributed by atoms with Crippen molar-refractivity contribution in [2.24, 2.45) is 5.92 Å². The van der Waals surface area contributed by atoms with Crippen molar-refractivity contribution in [2.75, 3.05) is 6.61 Å². The molecule has 1 aliphatic rings. The smallest absolute Gasteiger partial charge is 0.153 e. The summed E-state index contributed by atoms with van der Waals surface area (Å²) in [5.41, 5.74) is 3.93. The number of allylic oxidation sites excluding steroid dienone is 3. The molecule has 0 radical (unpaired) electrons. The van der Waals surface area contributed by atoms with E-state index in [2.05, 4.69) is 24.8 Å². The lowest BCUT2D eigenvalue weighted by atomic mass is 9.84. The van der Waals surface area contributed by atoms with Crippen LogP contribution in [-0.4, -0.2) is 6.61 Å². The van der Waals surface area contributed by atoms with Gasteiger partial charge in [0.15, 0.2) is 5.82 Å². The molecule has 142 valence electrons. The van der Waals surface area contributed by atoms with E-state index in [1.54, 1.807) is 12.1 Å². The summed E-state index contributed by atoms with van der Waals surface area (Å²) >= 11 is 6.11. The molecular weight excluding hydrogens is 359 g/mol. The quantitative estimate of drug-likeness (QED) is 0.444. The number of ether oxygens (including phenoxy) is 1. The minimum Gasteiger partial charge on any atom is -0.492 e. The Morgan fingerprint density at radius 1 is 1.19 bits per heavy atom. The van der Waals surface area contributed by atoms with Gasteiger partial charge in [-0.05, 0) is 73.8 Å². The lowest BCUT2D eigenvalue weighted by Gasteiger charge is -2.22. The van der Waals surface area contributed by atoms with Crippen LogP contribution in [0, 0.1) is 11.7 Å². The van der Waals surface area contributed by atoms with Gasteiger partial charge in [0.25, 0.3) is 0 Å². The highest BCUT2D eigenvalue weighted by Crippen LogP contribution is 2.36. The second-order valence-electron chi connectivity index (χ2n) is 6.99. The number of benzene rings is 2. The SMILES string of the molecule is C=CCCC1CC=C(c2ccc(-c3ccc(OCC)c(Cl)c3F)cc2)CC1. The molecule has 0 aliphatic heterocycles. The Kier molecular flexibility index (Phi) is 6.73. The maximum atomic E-state index is 14.6. The van der Waals surface area contributed by atoms with Gasteiger partial charge in [-0.15, -0.1) is 6.58 Å². The Balaban J connectivity index is 1.76. The zero-order valence-corrected chi connectivity index (χ0v) is 16.6. The van der Waals surface area contributed by atoms with Gasteiger partial charge in [0.2, 0.25) is 0 Å². The second-order valence-corrected chi connectivity index (χ2v) is 7.36. The van der Waals surface area contributed by atoms with Crippen LogP contribution in [0.2, 0.25) is 5.02 Å². The molecule has 3 heteroatoms. The summed E-state index contributed by atoms with van der Waals surface area (Å²) in [6, 6.07) is 11.5. The Morgan fingerprint density at radius 3 is 2.56 bits per heavy atom. The molecule has 0 fully saturated rings. The molecule has 1 aliphatic carbocycles. The molecule has 2 aromatic rings. The molecule has 3 rings (SSSR count). The van der Waals surface area contributed by atoms with Crippen LogP contribution in [0.5, 0.6) is 5.75 Å². The third-order valence-electron chi connectivity index (χ3n) is 5.21. The highest BCUT2D eigenvalue weighted by molar-refractivity contribution is 6.32. The van der Waals surface area contributed by atoms with Crippen molar-refractivity contribution in [3.63, 3.8) is 0 Å². The first-order valence-electron chi connectivity index (χ1n) is 9.65. The molecule has 2 aromatic carbocycles. The zero-order valence-electron chi connectivity index (χ0n) is 15.8. The minimum absolute atomic E-state index is 0.0407. The van der Waals surface area contributed by atoms with E-state index < -0.39 is 5.82 Å². The van der Waals surface area contributed by atoms with Crippen molar-refractivity contribution in [3.8, 4) is 16.9 Å². The summed E-state index contributed by atoms with van der Waals surface area (Å²) in [6.07, 6.45) is 10.1. The molecule has 1 nitrogen and oxygen atoms in total. The van der Waals surface area contributed by atoms with Gasteiger partial charge in [-0.25, -0.2) is 4.39 Å². The molecule has 1 atom stereocenters. The van der Waals surface area contributed by atoms with Crippen LogP contribution in [-0.2, 0) is 0 Å². The summed E-state index contributed by atoms with van der Waals surface area (Å²) in [7, 11) is 0. The van der Waals surface area contributed by atoms with Crippen LogP contribution in [0.3, 0.4) is 0 Å². The van der Waals surface area contributed by atoms with Gasteiger partial charge in [0, 0.05) is 5.56 Å². The van der Waals surface area contributed by atoms with Gasteiger partial charge in [-0.3, -0.25) is 0 Å². The van der Waals surface area contributed by atoms with Crippen LogP contribution in [0.1, 0.15) is 44.6 Å². The molecule has 0 saturated heterocycles. The van der Waals surface area contributed by atoms with Crippen LogP contribution in [0.25, 0.3) is 16.7 Å². The summed E-state index contributed by atoms with van der Waals surface area (Å²) in [6.45, 7) is 6.11. The first kappa shape index (κ1) is 19.7. The van der Waals surface area contributed by atoms with E-state index in [4.69, 9.17) is 16.3 Å². The molecule has 27 heavy (non-hydrogen) atoms. The van der Waals surface area contributed by atoms with Crippen molar-refractivity contribution < 1.29 is 9.13 Å². The Hall–Kier alpha value is -2.06. The van der Waals surface area contributed by atoms with Gasteiger partial charge in [-0.1, -0.05) is 48.0 Å². The molecule has 0 N–H and O–H groups in total. The van der Waals surface area contributed by atoms with E-state index in [-0.39, 0.29) is 5.02 Å². The van der Waals surface area contributed by atoms with Crippen molar-refractivity contribution >= 4 is 17.2 Å². The maximum Gasteiger partial charge on any atom is 0.153 e. The standard InChI is InChI=1S/C24H26ClFO/c1-3-5-6-17-7-9-18(10-8-17)19-11-13-20(14-12-19)21-15-16-22(27-4-2)23(25)24(21)26/h3,9,11-17H,1,4-8,10H2,2H3. The third-order valence-corrected chi connectivity index (χ3v) is 5.56. The van der Waals surface area contributed by atoms with Crippen molar-refractivity contribution in [2.45, 2.75) is 39.0 Å². The molecule has 0 saturated carbocycles. The van der Waals surface area contributed by atoms with Gasteiger partial charge in [0.1, 0.15) is 10.8 Å². The van der Waals surface area contributed by atoms with Crippen LogP contribution >= 0.6 is 11.6 Å². The van der Waals surface area contributed by atoms with Gasteiger partial charge >= 0.3 is 0 Å². The first-order valence-corrected chi connectivity index (χ1v) is 10.0. The summed E-state index contributed by atoms with van der Waals surface area (Å²) in [5.74, 6) is 0.721. The lowest BCUT2D eigenvalue weighted by molar-refractivity contribution is 0.338. The number of rotatable bonds is 7. The molecule has 1 unspecified atom stereocenters. The number of halogens is 2. The fraction of sp³-hybridized carbons (Fsp3) is 0.333. The molecule has 0 bridgehead atoms. The van der Waals surface area contributed by atoms with Gasteiger partial charge in [-0.2, -0.15) is 0 Å². The highest BCUT2D eigenvalue weighted by atomic mass is 35.5. The minimum atomic E-state index is -0.433. The van der Waals surface area contributed by atoms with Crippen molar-refractivity contribution in [1.82, 2.24) is 0 Å². The van der Waals surface area contributed by atoms with E-state index in [9.17, 15) is 4.39 Å². The van der Waals surface area contributed by atoms with Crippen LogP contribution < -0.4 is 4.74 Å². The van der Waals surface area contributed by atoms with E-state index in [0.717, 1.165) is 30.7 Å². The molecule has 0 heterocycles. The highest BCUT2D eigenvalue weighted by Gasteiger charge is 2.16. The molecule has 0 amide bonds.